The normalized spacial score (nSPS) is 10.0. The van der Waals surface area contributed by atoms with Gasteiger partial charge in [0.2, 0.25) is 0 Å². The Morgan fingerprint density at radius 3 is 2.39 bits per heavy atom. The molecule has 2 aromatic rings. The van der Waals surface area contributed by atoms with Gasteiger partial charge in [0.15, 0.2) is 0 Å². The minimum atomic E-state index is -0.469. The number of nitrogens with one attached hydrogen (secondary N) is 1. The second-order valence-electron chi connectivity index (χ2n) is 4.67. The molecule has 0 aliphatic carbocycles. The molecule has 0 fully saturated rings. The Hall–Kier alpha value is -3.09. The molecule has 0 aliphatic heterocycles. The Bertz CT molecular complexity index is 713. The lowest BCUT2D eigenvalue weighted by atomic mass is 10.1. The summed E-state index contributed by atoms with van der Waals surface area (Å²) < 4.78 is 10.3. The summed E-state index contributed by atoms with van der Waals surface area (Å²) in [5.74, 6) is 0.664. The second-order valence-corrected chi connectivity index (χ2v) is 4.67. The molecule has 0 bridgehead atoms. The largest absolute Gasteiger partial charge is 0.497 e. The van der Waals surface area contributed by atoms with Crippen molar-refractivity contribution in [3.63, 3.8) is 0 Å². The molecule has 2 rings (SSSR count). The maximum atomic E-state index is 12.3. The highest BCUT2D eigenvalue weighted by molar-refractivity contribution is 5.97. The van der Waals surface area contributed by atoms with E-state index in [1.165, 1.54) is 26.4 Å². The van der Waals surface area contributed by atoms with Crippen LogP contribution in [0.5, 0.6) is 11.5 Å². The van der Waals surface area contributed by atoms with Crippen molar-refractivity contribution in [2.45, 2.75) is 6.54 Å². The zero-order chi connectivity index (χ0) is 16.8. The van der Waals surface area contributed by atoms with Gasteiger partial charge in [-0.15, -0.1) is 0 Å². The molecule has 1 N–H and O–H groups in total. The van der Waals surface area contributed by atoms with Gasteiger partial charge in [0.1, 0.15) is 11.5 Å². The van der Waals surface area contributed by atoms with Crippen LogP contribution in [0, 0.1) is 10.1 Å². The van der Waals surface area contributed by atoms with Gasteiger partial charge in [0.05, 0.1) is 24.7 Å². The van der Waals surface area contributed by atoms with Crippen molar-refractivity contribution in [1.82, 2.24) is 5.32 Å². The number of non-ortho nitro benzene ring substituents is 1. The highest BCUT2D eigenvalue weighted by Gasteiger charge is 2.13. The van der Waals surface area contributed by atoms with Gasteiger partial charge in [-0.1, -0.05) is 12.1 Å². The van der Waals surface area contributed by atoms with Gasteiger partial charge in [-0.05, 0) is 23.8 Å². The number of carbonyl (C=O) groups excluding carboxylic acids is 1. The first kappa shape index (κ1) is 16.3. The van der Waals surface area contributed by atoms with Crippen LogP contribution in [0.3, 0.4) is 0 Å². The number of carbonyl (C=O) groups is 1. The smallest absolute Gasteiger partial charge is 0.269 e. The summed E-state index contributed by atoms with van der Waals surface area (Å²) in [6, 6.07) is 10.9. The quantitative estimate of drug-likeness (QED) is 0.653. The lowest BCUT2D eigenvalue weighted by molar-refractivity contribution is -0.384. The molecule has 0 aromatic heterocycles. The van der Waals surface area contributed by atoms with Crippen LogP contribution in [0.4, 0.5) is 5.69 Å². The Morgan fingerprint density at radius 1 is 1.13 bits per heavy atom. The summed E-state index contributed by atoms with van der Waals surface area (Å²) >= 11 is 0. The topological polar surface area (TPSA) is 90.7 Å². The predicted octanol–water partition coefficient (Wildman–Crippen LogP) is 2.54. The fourth-order valence-electron chi connectivity index (χ4n) is 2.00. The van der Waals surface area contributed by atoms with Crippen LogP contribution in [0.15, 0.2) is 42.5 Å². The molecule has 0 heterocycles. The third-order valence-electron chi connectivity index (χ3n) is 3.25. The molecule has 0 atom stereocenters. The Labute approximate surface area is 133 Å². The van der Waals surface area contributed by atoms with E-state index >= 15 is 0 Å². The zero-order valence-electron chi connectivity index (χ0n) is 12.7. The van der Waals surface area contributed by atoms with Gasteiger partial charge in [0.25, 0.3) is 11.6 Å². The number of amides is 1. The number of nitro groups is 1. The first-order valence-electron chi connectivity index (χ1n) is 6.78. The van der Waals surface area contributed by atoms with Crippen LogP contribution in [0.2, 0.25) is 0 Å². The van der Waals surface area contributed by atoms with Crippen LogP contribution in [-0.4, -0.2) is 25.1 Å². The number of nitrogens with zero attached hydrogens (tertiary/aromatic N) is 1. The minimum absolute atomic E-state index is 0.00883. The highest BCUT2D eigenvalue weighted by atomic mass is 16.6. The van der Waals surface area contributed by atoms with Crippen molar-refractivity contribution in [2.75, 3.05) is 14.2 Å². The van der Waals surface area contributed by atoms with E-state index in [2.05, 4.69) is 5.32 Å². The molecular formula is C16H16N2O5. The van der Waals surface area contributed by atoms with Crippen LogP contribution in [0.1, 0.15) is 15.9 Å². The molecule has 0 aliphatic rings. The number of rotatable bonds is 6. The fourth-order valence-corrected chi connectivity index (χ4v) is 2.00. The fraction of sp³-hybridized carbons (Fsp3) is 0.188. The van der Waals surface area contributed by atoms with Crippen LogP contribution < -0.4 is 14.8 Å². The van der Waals surface area contributed by atoms with Crippen molar-refractivity contribution in [3.8, 4) is 11.5 Å². The number of ether oxygens (including phenoxy) is 2. The number of hydrogen-bond acceptors (Lipinski definition) is 5. The van der Waals surface area contributed by atoms with Gasteiger partial charge in [-0.2, -0.15) is 0 Å². The number of nitro benzene ring substituents is 1. The van der Waals surface area contributed by atoms with Crippen molar-refractivity contribution < 1.29 is 19.2 Å². The van der Waals surface area contributed by atoms with E-state index in [1.54, 1.807) is 30.3 Å². The lowest BCUT2D eigenvalue weighted by Gasteiger charge is -2.11. The molecule has 0 spiro atoms. The van der Waals surface area contributed by atoms with Crippen LogP contribution >= 0.6 is 0 Å². The van der Waals surface area contributed by atoms with Gasteiger partial charge in [-0.3, -0.25) is 14.9 Å². The molecule has 2 aromatic carbocycles. The minimum Gasteiger partial charge on any atom is -0.497 e. The summed E-state index contributed by atoms with van der Waals surface area (Å²) in [5, 5.41) is 13.3. The van der Waals surface area contributed by atoms with Crippen molar-refractivity contribution in [3.05, 3.63) is 63.7 Å². The van der Waals surface area contributed by atoms with E-state index in [-0.39, 0.29) is 18.1 Å². The molecule has 7 nitrogen and oxygen atoms in total. The third-order valence-corrected chi connectivity index (χ3v) is 3.25. The molecule has 23 heavy (non-hydrogen) atoms. The average molecular weight is 316 g/mol. The second kappa shape index (κ2) is 7.26. The van der Waals surface area contributed by atoms with Crippen LogP contribution in [-0.2, 0) is 6.54 Å². The van der Waals surface area contributed by atoms with E-state index in [9.17, 15) is 14.9 Å². The molecule has 120 valence electrons. The Morgan fingerprint density at radius 2 is 1.83 bits per heavy atom. The standard InChI is InChI=1S/C16H16N2O5/c1-22-13-7-8-15(23-2)14(9-13)16(19)17-10-11-3-5-12(6-4-11)18(20)21/h3-9H,10H2,1-2H3,(H,17,19). The van der Waals surface area contributed by atoms with Crippen molar-refractivity contribution >= 4 is 11.6 Å². The van der Waals surface area contributed by atoms with Crippen LogP contribution in [0.25, 0.3) is 0 Å². The first-order chi connectivity index (χ1) is 11.0. The number of methoxy groups -OCH3 is 2. The van der Waals surface area contributed by atoms with Gasteiger partial charge < -0.3 is 14.8 Å². The van der Waals surface area contributed by atoms with E-state index in [4.69, 9.17) is 9.47 Å². The van der Waals surface area contributed by atoms with E-state index in [0.29, 0.717) is 17.1 Å². The number of hydrogen-bond donors (Lipinski definition) is 1. The van der Waals surface area contributed by atoms with Gasteiger partial charge in [-0.25, -0.2) is 0 Å². The lowest BCUT2D eigenvalue weighted by Crippen LogP contribution is -2.23. The van der Waals surface area contributed by atoms with Crippen molar-refractivity contribution in [2.24, 2.45) is 0 Å². The summed E-state index contributed by atoms with van der Waals surface area (Å²) in [7, 11) is 3.00. The summed E-state index contributed by atoms with van der Waals surface area (Å²) in [4.78, 5) is 22.4. The van der Waals surface area contributed by atoms with E-state index in [1.807, 2.05) is 0 Å². The molecule has 0 unspecified atom stereocenters. The zero-order valence-corrected chi connectivity index (χ0v) is 12.7. The molecule has 0 saturated heterocycles. The number of benzene rings is 2. The first-order valence-corrected chi connectivity index (χ1v) is 6.78. The molecule has 7 heteroatoms. The van der Waals surface area contributed by atoms with Gasteiger partial charge >= 0.3 is 0 Å². The van der Waals surface area contributed by atoms with E-state index in [0.717, 1.165) is 5.56 Å². The van der Waals surface area contributed by atoms with Crippen molar-refractivity contribution in [1.29, 1.82) is 0 Å². The molecule has 1 amide bonds. The predicted molar refractivity (Wildman–Crippen MR) is 83.8 cm³/mol. The maximum Gasteiger partial charge on any atom is 0.269 e. The van der Waals surface area contributed by atoms with Gasteiger partial charge in [0, 0.05) is 18.7 Å². The summed E-state index contributed by atoms with van der Waals surface area (Å²) in [6.07, 6.45) is 0. The molecule has 0 radical (unpaired) electrons. The highest BCUT2D eigenvalue weighted by Crippen LogP contribution is 2.24. The van der Waals surface area contributed by atoms with E-state index < -0.39 is 4.92 Å². The Kier molecular flexibility index (Phi) is 5.14. The molecule has 0 saturated carbocycles. The Balaban J connectivity index is 2.08. The molecular weight excluding hydrogens is 300 g/mol. The summed E-state index contributed by atoms with van der Waals surface area (Å²) in [6.45, 7) is 0.247. The summed E-state index contributed by atoms with van der Waals surface area (Å²) in [5.41, 5.74) is 1.12. The maximum absolute atomic E-state index is 12.3. The average Bonchev–Trinajstić information content (AvgIpc) is 2.59. The third kappa shape index (κ3) is 3.97. The monoisotopic (exact) mass is 316 g/mol. The SMILES string of the molecule is COc1ccc(OC)c(C(=O)NCc2ccc([N+](=O)[O-])cc2)c1.